The third-order valence-corrected chi connectivity index (χ3v) is 3.35. The van der Waals surface area contributed by atoms with Crippen LogP contribution in [0.25, 0.3) is 0 Å². The van der Waals surface area contributed by atoms with Crippen molar-refractivity contribution >= 4 is 5.82 Å². The van der Waals surface area contributed by atoms with Gasteiger partial charge in [-0.25, -0.2) is 9.97 Å². The lowest BCUT2D eigenvalue weighted by Gasteiger charge is -2.37. The van der Waals surface area contributed by atoms with Crippen molar-refractivity contribution in [3.8, 4) is 6.07 Å². The number of nitrogens with one attached hydrogen (secondary N) is 1. The number of aromatic nitrogens is 2. The highest BCUT2D eigenvalue weighted by molar-refractivity contribution is 5.46. The first-order chi connectivity index (χ1) is 9.22. The van der Waals surface area contributed by atoms with E-state index >= 15 is 0 Å². The van der Waals surface area contributed by atoms with Gasteiger partial charge in [-0.15, -0.1) is 0 Å². The van der Waals surface area contributed by atoms with Crippen molar-refractivity contribution in [2.45, 2.75) is 25.9 Å². The van der Waals surface area contributed by atoms with E-state index in [1.807, 2.05) is 6.07 Å². The van der Waals surface area contributed by atoms with Crippen LogP contribution in [-0.2, 0) is 4.74 Å². The van der Waals surface area contributed by atoms with Crippen LogP contribution in [0.3, 0.4) is 0 Å². The molecular formula is C13H19N5O. The zero-order valence-electron chi connectivity index (χ0n) is 11.3. The molecule has 6 nitrogen and oxygen atoms in total. The summed E-state index contributed by atoms with van der Waals surface area (Å²) in [6, 6.07) is 2.81. The fourth-order valence-electron chi connectivity index (χ4n) is 2.31. The lowest BCUT2D eigenvalue weighted by atomic mass is 10.2. The van der Waals surface area contributed by atoms with Crippen LogP contribution in [0.4, 0.5) is 5.82 Å². The van der Waals surface area contributed by atoms with Gasteiger partial charge in [0, 0.05) is 37.6 Å². The first-order valence-electron chi connectivity index (χ1n) is 6.51. The summed E-state index contributed by atoms with van der Waals surface area (Å²) in [7, 11) is 0. The van der Waals surface area contributed by atoms with Gasteiger partial charge >= 0.3 is 0 Å². The third-order valence-electron chi connectivity index (χ3n) is 3.35. The van der Waals surface area contributed by atoms with Crippen molar-refractivity contribution in [2.75, 3.05) is 31.6 Å². The number of morpholine rings is 1. The molecule has 6 heteroatoms. The van der Waals surface area contributed by atoms with Gasteiger partial charge in [0.1, 0.15) is 6.07 Å². The largest absolute Gasteiger partial charge is 0.379 e. The molecule has 0 aromatic carbocycles. The second-order valence-corrected chi connectivity index (χ2v) is 4.76. The van der Waals surface area contributed by atoms with E-state index in [4.69, 9.17) is 10.00 Å². The van der Waals surface area contributed by atoms with Gasteiger partial charge in [0.05, 0.1) is 13.2 Å². The van der Waals surface area contributed by atoms with E-state index in [9.17, 15) is 0 Å². The molecule has 1 N–H and O–H groups in total. The molecule has 0 bridgehead atoms. The summed E-state index contributed by atoms with van der Waals surface area (Å²) < 4.78 is 5.43. The van der Waals surface area contributed by atoms with E-state index < -0.39 is 0 Å². The van der Waals surface area contributed by atoms with Crippen LogP contribution >= 0.6 is 0 Å². The number of nitrogens with zero attached hydrogens (tertiary/aromatic N) is 4. The monoisotopic (exact) mass is 261 g/mol. The fraction of sp³-hybridized carbons (Fsp3) is 0.615. The molecule has 2 heterocycles. The SMILES string of the molecule is CC(CNc1nccnc1C#N)N1CCOCC1C. The van der Waals surface area contributed by atoms with Gasteiger partial charge in [-0.2, -0.15) is 5.26 Å². The Morgan fingerprint density at radius 1 is 1.58 bits per heavy atom. The van der Waals surface area contributed by atoms with Crippen molar-refractivity contribution in [1.29, 1.82) is 5.26 Å². The molecule has 0 amide bonds. The molecule has 2 rings (SSSR count). The van der Waals surface area contributed by atoms with Gasteiger partial charge in [-0.1, -0.05) is 0 Å². The standard InChI is InChI=1S/C13H19N5O/c1-10(18-5-6-19-9-11(18)2)8-17-13-12(7-14)15-3-4-16-13/h3-4,10-11H,5-6,8-9H2,1-2H3,(H,16,17). The predicted octanol–water partition coefficient (Wildman–Crippen LogP) is 0.869. The minimum Gasteiger partial charge on any atom is -0.379 e. The number of hydrogen-bond donors (Lipinski definition) is 1. The van der Waals surface area contributed by atoms with E-state index in [1.165, 1.54) is 6.20 Å². The molecule has 102 valence electrons. The van der Waals surface area contributed by atoms with Gasteiger partial charge in [0.15, 0.2) is 11.5 Å². The average Bonchev–Trinajstić information content (AvgIpc) is 2.45. The molecule has 19 heavy (non-hydrogen) atoms. The molecular weight excluding hydrogens is 242 g/mol. The van der Waals surface area contributed by atoms with E-state index in [2.05, 4.69) is 34.0 Å². The highest BCUT2D eigenvalue weighted by atomic mass is 16.5. The summed E-state index contributed by atoms with van der Waals surface area (Å²) in [4.78, 5) is 10.5. The van der Waals surface area contributed by atoms with Crippen molar-refractivity contribution in [2.24, 2.45) is 0 Å². The molecule has 1 saturated heterocycles. The topological polar surface area (TPSA) is 74.1 Å². The molecule has 2 unspecified atom stereocenters. The minimum atomic E-state index is 0.338. The van der Waals surface area contributed by atoms with Crippen LogP contribution in [0.5, 0.6) is 0 Å². The molecule has 2 atom stereocenters. The molecule has 0 spiro atoms. The lowest BCUT2D eigenvalue weighted by molar-refractivity contribution is -0.0159. The average molecular weight is 261 g/mol. The Morgan fingerprint density at radius 3 is 3.11 bits per heavy atom. The lowest BCUT2D eigenvalue weighted by Crippen LogP contribution is -2.50. The molecule has 1 fully saturated rings. The molecule has 1 aliphatic heterocycles. The Balaban J connectivity index is 1.93. The zero-order valence-corrected chi connectivity index (χ0v) is 11.3. The van der Waals surface area contributed by atoms with Gasteiger partial charge in [-0.05, 0) is 13.8 Å². The summed E-state index contributed by atoms with van der Waals surface area (Å²) in [6.45, 7) is 7.56. The number of nitriles is 1. The number of ether oxygens (including phenoxy) is 1. The molecule has 0 saturated carbocycles. The maximum absolute atomic E-state index is 8.95. The van der Waals surface area contributed by atoms with Gasteiger partial charge in [0.25, 0.3) is 0 Å². The summed E-state index contributed by atoms with van der Waals surface area (Å²) in [6.07, 6.45) is 3.11. The van der Waals surface area contributed by atoms with Crippen molar-refractivity contribution in [3.05, 3.63) is 18.1 Å². The van der Waals surface area contributed by atoms with Gasteiger partial charge in [0.2, 0.25) is 0 Å². The van der Waals surface area contributed by atoms with Crippen molar-refractivity contribution < 1.29 is 4.74 Å². The van der Waals surface area contributed by atoms with Crippen molar-refractivity contribution in [3.63, 3.8) is 0 Å². The molecule has 1 aromatic heterocycles. The van der Waals surface area contributed by atoms with Crippen molar-refractivity contribution in [1.82, 2.24) is 14.9 Å². The molecule has 0 aliphatic carbocycles. The third kappa shape index (κ3) is 3.40. The van der Waals surface area contributed by atoms with Gasteiger partial charge in [-0.3, -0.25) is 4.90 Å². The second-order valence-electron chi connectivity index (χ2n) is 4.76. The molecule has 1 aromatic rings. The second kappa shape index (κ2) is 6.45. The Kier molecular flexibility index (Phi) is 4.66. The summed E-state index contributed by atoms with van der Waals surface area (Å²) in [5.41, 5.74) is 0.338. The Morgan fingerprint density at radius 2 is 2.37 bits per heavy atom. The van der Waals surface area contributed by atoms with E-state index in [0.717, 1.165) is 26.3 Å². The van der Waals surface area contributed by atoms with Crippen LogP contribution in [0.2, 0.25) is 0 Å². The van der Waals surface area contributed by atoms with Gasteiger partial charge < -0.3 is 10.1 Å². The maximum atomic E-state index is 8.95. The van der Waals surface area contributed by atoms with Crippen LogP contribution in [0, 0.1) is 11.3 Å². The highest BCUT2D eigenvalue weighted by Gasteiger charge is 2.23. The van der Waals surface area contributed by atoms with E-state index in [0.29, 0.717) is 23.6 Å². The molecule has 0 radical (unpaired) electrons. The Bertz CT molecular complexity index is 459. The Labute approximate surface area is 113 Å². The fourth-order valence-corrected chi connectivity index (χ4v) is 2.31. The van der Waals surface area contributed by atoms with Crippen LogP contribution < -0.4 is 5.32 Å². The van der Waals surface area contributed by atoms with Crippen LogP contribution in [0.15, 0.2) is 12.4 Å². The minimum absolute atomic E-state index is 0.338. The summed E-state index contributed by atoms with van der Waals surface area (Å²) >= 11 is 0. The smallest absolute Gasteiger partial charge is 0.182 e. The number of anilines is 1. The highest BCUT2D eigenvalue weighted by Crippen LogP contribution is 2.12. The summed E-state index contributed by atoms with van der Waals surface area (Å²) in [5, 5.41) is 12.2. The van der Waals surface area contributed by atoms with E-state index in [1.54, 1.807) is 6.20 Å². The van der Waals surface area contributed by atoms with Crippen LogP contribution in [0.1, 0.15) is 19.5 Å². The first-order valence-corrected chi connectivity index (χ1v) is 6.51. The quantitative estimate of drug-likeness (QED) is 0.867. The predicted molar refractivity (Wildman–Crippen MR) is 71.7 cm³/mol. The number of rotatable bonds is 4. The normalized spacial score (nSPS) is 21.6. The first kappa shape index (κ1) is 13.7. The Hall–Kier alpha value is -1.71. The maximum Gasteiger partial charge on any atom is 0.182 e. The van der Waals surface area contributed by atoms with E-state index in [-0.39, 0.29) is 0 Å². The number of hydrogen-bond acceptors (Lipinski definition) is 6. The zero-order chi connectivity index (χ0) is 13.7. The van der Waals surface area contributed by atoms with Crippen LogP contribution in [-0.4, -0.2) is 53.3 Å². The summed E-state index contributed by atoms with van der Waals surface area (Å²) in [5.74, 6) is 0.553. The molecule has 1 aliphatic rings.